The number of rotatable bonds is 4. The Morgan fingerprint density at radius 3 is 2.69 bits per heavy atom. The Labute approximate surface area is 200 Å². The zero-order valence-electron chi connectivity index (χ0n) is 19.5. The van der Waals surface area contributed by atoms with Gasteiger partial charge in [0.15, 0.2) is 5.65 Å². The molecule has 35 heavy (non-hydrogen) atoms. The van der Waals surface area contributed by atoms with Crippen molar-refractivity contribution in [1.29, 1.82) is 0 Å². The first-order chi connectivity index (χ1) is 16.9. The highest BCUT2D eigenvalue weighted by Crippen LogP contribution is 2.40. The molecule has 6 rings (SSSR count). The molecule has 0 spiro atoms. The molecule has 2 atom stereocenters. The molecule has 2 fully saturated rings. The van der Waals surface area contributed by atoms with Crippen molar-refractivity contribution in [3.63, 3.8) is 0 Å². The third kappa shape index (κ3) is 3.93. The van der Waals surface area contributed by atoms with Crippen LogP contribution in [-0.2, 0) is 4.74 Å². The number of hydrogen-bond acceptors (Lipinski definition) is 5. The van der Waals surface area contributed by atoms with E-state index in [-0.39, 0.29) is 34.5 Å². The van der Waals surface area contributed by atoms with Gasteiger partial charge in [-0.15, -0.1) is 0 Å². The minimum Gasteiger partial charge on any atom is -0.373 e. The van der Waals surface area contributed by atoms with E-state index in [0.717, 1.165) is 24.5 Å². The third-order valence-electron chi connectivity index (χ3n) is 7.10. The van der Waals surface area contributed by atoms with Crippen LogP contribution in [0.3, 0.4) is 0 Å². The standard InChI is InChI=1S/C26H25F2N5O2/c1-14-15(2)30-25-24(20-6-3-18(27)10-21(20)28)31-22(13-32(25)26(14)34)16-7-8-35-23(9-16)17-11-29-33(12-17)19-4-5-19/h3,6,10-13,16,19,23H,4-5,7-9H2,1-2H3/t16-,23+/m0/s1. The lowest BCUT2D eigenvalue weighted by atomic mass is 9.90. The lowest BCUT2D eigenvalue weighted by Crippen LogP contribution is -2.24. The highest BCUT2D eigenvalue weighted by Gasteiger charge is 2.30. The van der Waals surface area contributed by atoms with Crippen LogP contribution < -0.4 is 5.56 Å². The molecule has 0 amide bonds. The number of fused-ring (bicyclic) bond motifs is 1. The average Bonchev–Trinajstić information content (AvgIpc) is 3.59. The molecule has 1 aliphatic heterocycles. The first-order valence-corrected chi connectivity index (χ1v) is 11.9. The molecule has 1 aromatic carbocycles. The first-order valence-electron chi connectivity index (χ1n) is 11.9. The van der Waals surface area contributed by atoms with Crippen molar-refractivity contribution in [2.75, 3.05) is 6.61 Å². The van der Waals surface area contributed by atoms with Crippen LogP contribution >= 0.6 is 0 Å². The molecular weight excluding hydrogens is 452 g/mol. The molecule has 9 heteroatoms. The topological polar surface area (TPSA) is 74.3 Å². The van der Waals surface area contributed by atoms with E-state index in [0.29, 0.717) is 42.4 Å². The van der Waals surface area contributed by atoms with Crippen LogP contribution in [0.25, 0.3) is 16.9 Å². The smallest absolute Gasteiger partial charge is 0.261 e. The van der Waals surface area contributed by atoms with Crippen molar-refractivity contribution in [1.82, 2.24) is 24.1 Å². The maximum Gasteiger partial charge on any atom is 0.261 e. The summed E-state index contributed by atoms with van der Waals surface area (Å²) >= 11 is 0. The van der Waals surface area contributed by atoms with Gasteiger partial charge in [0, 0.05) is 53.4 Å². The number of aromatic nitrogens is 5. The van der Waals surface area contributed by atoms with Crippen LogP contribution in [0.2, 0.25) is 0 Å². The van der Waals surface area contributed by atoms with Crippen molar-refractivity contribution in [2.45, 2.75) is 57.6 Å². The van der Waals surface area contributed by atoms with Gasteiger partial charge < -0.3 is 4.74 Å². The summed E-state index contributed by atoms with van der Waals surface area (Å²) in [6.45, 7) is 3.99. The predicted octanol–water partition coefficient (Wildman–Crippen LogP) is 4.82. The zero-order valence-corrected chi connectivity index (χ0v) is 19.5. The molecule has 3 aromatic heterocycles. The SMILES string of the molecule is Cc1nc2c(-c3ccc(F)cc3F)nc([C@H]3CCO[C@@H](c4cnn(C5CC5)c4)C3)cn2c(=O)c1C. The maximum atomic E-state index is 14.8. The molecule has 7 nitrogen and oxygen atoms in total. The lowest BCUT2D eigenvalue weighted by molar-refractivity contribution is 0.00454. The molecule has 4 aromatic rings. The second-order valence-electron chi connectivity index (χ2n) is 9.53. The second kappa shape index (κ2) is 8.34. The number of aryl methyl sites for hydroxylation is 1. The van der Waals surface area contributed by atoms with E-state index >= 15 is 0 Å². The number of ether oxygens (including phenoxy) is 1. The highest BCUT2D eigenvalue weighted by atomic mass is 19.1. The van der Waals surface area contributed by atoms with Crippen molar-refractivity contribution in [3.8, 4) is 11.3 Å². The third-order valence-corrected chi connectivity index (χ3v) is 7.10. The summed E-state index contributed by atoms with van der Waals surface area (Å²) in [5, 5.41) is 4.49. The van der Waals surface area contributed by atoms with Crippen molar-refractivity contribution in [2.24, 2.45) is 0 Å². The van der Waals surface area contributed by atoms with Crippen molar-refractivity contribution < 1.29 is 13.5 Å². The van der Waals surface area contributed by atoms with E-state index in [1.807, 2.05) is 10.9 Å². The van der Waals surface area contributed by atoms with Crippen LogP contribution in [0, 0.1) is 25.5 Å². The van der Waals surface area contributed by atoms with Gasteiger partial charge in [-0.2, -0.15) is 5.10 Å². The van der Waals surface area contributed by atoms with Gasteiger partial charge in [-0.3, -0.25) is 13.9 Å². The Kier molecular flexibility index (Phi) is 5.25. The van der Waals surface area contributed by atoms with Gasteiger partial charge in [0.1, 0.15) is 17.3 Å². The number of benzene rings is 1. The molecule has 2 aliphatic rings. The number of halogens is 2. The Hall–Kier alpha value is -3.46. The summed E-state index contributed by atoms with van der Waals surface area (Å²) in [7, 11) is 0. The maximum absolute atomic E-state index is 14.8. The van der Waals surface area contributed by atoms with Gasteiger partial charge in [-0.25, -0.2) is 18.7 Å². The molecule has 1 saturated carbocycles. The summed E-state index contributed by atoms with van der Waals surface area (Å²) in [5.41, 5.74) is 3.11. The van der Waals surface area contributed by atoms with Gasteiger partial charge >= 0.3 is 0 Å². The monoisotopic (exact) mass is 477 g/mol. The lowest BCUT2D eigenvalue weighted by Gasteiger charge is -2.29. The summed E-state index contributed by atoms with van der Waals surface area (Å²) < 4.78 is 38.0. The number of hydrogen-bond donors (Lipinski definition) is 0. The second-order valence-corrected chi connectivity index (χ2v) is 9.53. The van der Waals surface area contributed by atoms with Gasteiger partial charge in [-0.1, -0.05) is 0 Å². The zero-order chi connectivity index (χ0) is 24.3. The summed E-state index contributed by atoms with van der Waals surface area (Å²) in [4.78, 5) is 22.5. The van der Waals surface area contributed by atoms with Crippen LogP contribution in [0.15, 0.2) is 41.6 Å². The van der Waals surface area contributed by atoms with E-state index in [2.05, 4.69) is 16.3 Å². The van der Waals surface area contributed by atoms with Gasteiger partial charge in [0.25, 0.3) is 5.56 Å². The Balaban J connectivity index is 1.45. The van der Waals surface area contributed by atoms with Gasteiger partial charge in [0.2, 0.25) is 0 Å². The molecule has 180 valence electrons. The normalized spacial score (nSPS) is 20.5. The Morgan fingerprint density at radius 1 is 1.09 bits per heavy atom. The minimum absolute atomic E-state index is 0.0156. The van der Waals surface area contributed by atoms with E-state index in [4.69, 9.17) is 9.72 Å². The molecule has 0 unspecified atom stereocenters. The predicted molar refractivity (Wildman–Crippen MR) is 125 cm³/mol. The fourth-order valence-corrected chi connectivity index (χ4v) is 4.77. The average molecular weight is 478 g/mol. The minimum atomic E-state index is -0.749. The van der Waals surface area contributed by atoms with E-state index in [1.54, 1.807) is 20.0 Å². The molecule has 0 radical (unpaired) electrons. The van der Waals surface area contributed by atoms with Crippen LogP contribution in [0.1, 0.15) is 66.3 Å². The largest absolute Gasteiger partial charge is 0.373 e. The number of nitrogens with zero attached hydrogens (tertiary/aromatic N) is 5. The van der Waals surface area contributed by atoms with Crippen LogP contribution in [0.4, 0.5) is 8.78 Å². The van der Waals surface area contributed by atoms with Crippen molar-refractivity contribution >= 4 is 5.65 Å². The van der Waals surface area contributed by atoms with Crippen LogP contribution in [0.5, 0.6) is 0 Å². The fraction of sp³-hybridized carbons (Fsp3) is 0.385. The van der Waals surface area contributed by atoms with Gasteiger partial charge in [0.05, 0.1) is 24.0 Å². The van der Waals surface area contributed by atoms with E-state index < -0.39 is 11.6 Å². The van der Waals surface area contributed by atoms with Gasteiger partial charge in [-0.05, 0) is 51.7 Å². The van der Waals surface area contributed by atoms with Crippen LogP contribution in [-0.4, -0.2) is 30.8 Å². The molecule has 0 bridgehead atoms. The quantitative estimate of drug-likeness (QED) is 0.421. The molecule has 1 aliphatic carbocycles. The Morgan fingerprint density at radius 2 is 1.91 bits per heavy atom. The summed E-state index contributed by atoms with van der Waals surface area (Å²) in [6.07, 6.45) is 9.16. The van der Waals surface area contributed by atoms with E-state index in [9.17, 15) is 13.6 Å². The van der Waals surface area contributed by atoms with E-state index in [1.165, 1.54) is 16.5 Å². The fourth-order valence-electron chi connectivity index (χ4n) is 4.77. The Bertz CT molecular complexity index is 1510. The molecule has 1 saturated heterocycles. The highest BCUT2D eigenvalue weighted by molar-refractivity contribution is 5.74. The molecular formula is C26H25F2N5O2. The first kappa shape index (κ1) is 22.0. The summed E-state index contributed by atoms with van der Waals surface area (Å²) in [6, 6.07) is 3.84. The van der Waals surface area contributed by atoms with Crippen molar-refractivity contribution in [3.05, 3.63) is 81.3 Å². The molecule has 4 heterocycles. The summed E-state index contributed by atoms with van der Waals surface area (Å²) in [5.74, 6) is -1.44. The molecule has 0 N–H and O–H groups in total.